The molecule has 1 saturated heterocycles. The SMILES string of the molecule is COc1cc(OC)c(OC)c2c1CC1OC1C2. The first-order valence-electron chi connectivity index (χ1n) is 5.74. The third-order valence-corrected chi connectivity index (χ3v) is 3.56. The zero-order chi connectivity index (χ0) is 12.0. The summed E-state index contributed by atoms with van der Waals surface area (Å²) in [5.41, 5.74) is 2.37. The van der Waals surface area contributed by atoms with Crippen LogP contribution in [0.3, 0.4) is 0 Å². The molecular formula is C13H16O4. The third kappa shape index (κ3) is 1.55. The zero-order valence-corrected chi connectivity index (χ0v) is 10.3. The highest BCUT2D eigenvalue weighted by molar-refractivity contribution is 5.59. The van der Waals surface area contributed by atoms with Gasteiger partial charge < -0.3 is 18.9 Å². The number of fused-ring (bicyclic) bond motifs is 2. The van der Waals surface area contributed by atoms with Crippen LogP contribution in [0.4, 0.5) is 0 Å². The molecule has 17 heavy (non-hydrogen) atoms. The molecule has 1 aliphatic heterocycles. The van der Waals surface area contributed by atoms with E-state index in [1.165, 1.54) is 11.1 Å². The van der Waals surface area contributed by atoms with Crippen molar-refractivity contribution in [2.24, 2.45) is 0 Å². The van der Waals surface area contributed by atoms with E-state index in [-0.39, 0.29) is 0 Å². The number of rotatable bonds is 3. The Morgan fingerprint density at radius 1 is 0.941 bits per heavy atom. The number of benzene rings is 1. The van der Waals surface area contributed by atoms with Crippen LogP contribution in [-0.2, 0) is 17.6 Å². The van der Waals surface area contributed by atoms with E-state index < -0.39 is 0 Å². The predicted octanol–water partition coefficient (Wildman–Crippen LogP) is 1.58. The molecule has 0 N–H and O–H groups in total. The Balaban J connectivity index is 2.15. The minimum absolute atomic E-state index is 0.355. The second kappa shape index (κ2) is 3.81. The Bertz CT molecular complexity index is 455. The van der Waals surface area contributed by atoms with Gasteiger partial charge in [-0.1, -0.05) is 0 Å². The lowest BCUT2D eigenvalue weighted by Crippen LogP contribution is -2.15. The van der Waals surface area contributed by atoms with Crippen molar-refractivity contribution in [2.45, 2.75) is 25.0 Å². The van der Waals surface area contributed by atoms with Gasteiger partial charge in [0.1, 0.15) is 5.75 Å². The molecular weight excluding hydrogens is 220 g/mol. The Kier molecular flexibility index (Phi) is 2.40. The van der Waals surface area contributed by atoms with Crippen LogP contribution >= 0.6 is 0 Å². The number of epoxide rings is 1. The lowest BCUT2D eigenvalue weighted by molar-refractivity contribution is 0.342. The molecule has 1 aromatic rings. The largest absolute Gasteiger partial charge is 0.496 e. The fourth-order valence-corrected chi connectivity index (χ4v) is 2.64. The molecule has 1 heterocycles. The van der Waals surface area contributed by atoms with E-state index in [0.717, 1.165) is 30.1 Å². The summed E-state index contributed by atoms with van der Waals surface area (Å²) < 4.78 is 21.8. The van der Waals surface area contributed by atoms with Gasteiger partial charge in [-0.05, 0) is 0 Å². The van der Waals surface area contributed by atoms with E-state index in [1.807, 2.05) is 6.07 Å². The van der Waals surface area contributed by atoms with Crippen LogP contribution in [0.15, 0.2) is 6.07 Å². The molecule has 0 bridgehead atoms. The van der Waals surface area contributed by atoms with Crippen LogP contribution in [0.25, 0.3) is 0 Å². The van der Waals surface area contributed by atoms with Crippen molar-refractivity contribution in [1.82, 2.24) is 0 Å². The van der Waals surface area contributed by atoms with E-state index in [4.69, 9.17) is 18.9 Å². The van der Waals surface area contributed by atoms with Crippen LogP contribution in [0.5, 0.6) is 17.2 Å². The Morgan fingerprint density at radius 2 is 1.59 bits per heavy atom. The quantitative estimate of drug-likeness (QED) is 0.747. The van der Waals surface area contributed by atoms with Gasteiger partial charge in [0.05, 0.1) is 33.5 Å². The summed E-state index contributed by atoms with van der Waals surface area (Å²) >= 11 is 0. The first-order chi connectivity index (χ1) is 8.28. The predicted molar refractivity (Wildman–Crippen MR) is 62.2 cm³/mol. The monoisotopic (exact) mass is 236 g/mol. The minimum atomic E-state index is 0.355. The van der Waals surface area contributed by atoms with Crippen LogP contribution in [-0.4, -0.2) is 33.5 Å². The molecule has 1 fully saturated rings. The maximum atomic E-state index is 5.58. The number of ether oxygens (including phenoxy) is 4. The first-order valence-corrected chi connectivity index (χ1v) is 5.74. The van der Waals surface area contributed by atoms with Crippen molar-refractivity contribution in [3.63, 3.8) is 0 Å². The lowest BCUT2D eigenvalue weighted by Gasteiger charge is -2.21. The summed E-state index contributed by atoms with van der Waals surface area (Å²) in [7, 11) is 4.99. The Hall–Kier alpha value is -1.42. The van der Waals surface area contributed by atoms with Gasteiger partial charge >= 0.3 is 0 Å². The summed E-state index contributed by atoms with van der Waals surface area (Å²) in [6.07, 6.45) is 2.52. The zero-order valence-electron chi connectivity index (χ0n) is 10.3. The maximum absolute atomic E-state index is 5.58. The number of hydrogen-bond acceptors (Lipinski definition) is 4. The molecule has 4 nitrogen and oxygen atoms in total. The van der Waals surface area contributed by atoms with Gasteiger partial charge in [-0.3, -0.25) is 0 Å². The van der Waals surface area contributed by atoms with Crippen LogP contribution in [0.1, 0.15) is 11.1 Å². The van der Waals surface area contributed by atoms with Crippen LogP contribution in [0.2, 0.25) is 0 Å². The molecule has 2 unspecified atom stereocenters. The van der Waals surface area contributed by atoms with Gasteiger partial charge in [0, 0.05) is 30.0 Å². The number of hydrogen-bond donors (Lipinski definition) is 0. The molecule has 0 saturated carbocycles. The summed E-state index contributed by atoms with van der Waals surface area (Å²) in [6, 6.07) is 1.89. The summed E-state index contributed by atoms with van der Waals surface area (Å²) in [5.74, 6) is 2.41. The summed E-state index contributed by atoms with van der Waals surface area (Å²) in [4.78, 5) is 0. The van der Waals surface area contributed by atoms with Gasteiger partial charge in [-0.25, -0.2) is 0 Å². The molecule has 92 valence electrons. The fraction of sp³-hybridized carbons (Fsp3) is 0.538. The van der Waals surface area contributed by atoms with Crippen LogP contribution < -0.4 is 14.2 Å². The van der Waals surface area contributed by atoms with E-state index >= 15 is 0 Å². The van der Waals surface area contributed by atoms with Crippen molar-refractivity contribution in [1.29, 1.82) is 0 Å². The molecule has 2 atom stereocenters. The minimum Gasteiger partial charge on any atom is -0.496 e. The molecule has 0 aromatic heterocycles. The van der Waals surface area contributed by atoms with Crippen molar-refractivity contribution in [3.05, 3.63) is 17.2 Å². The molecule has 1 aliphatic carbocycles. The van der Waals surface area contributed by atoms with E-state index in [9.17, 15) is 0 Å². The normalized spacial score (nSPS) is 24.6. The molecule has 4 heteroatoms. The average molecular weight is 236 g/mol. The van der Waals surface area contributed by atoms with Gasteiger partial charge in [0.2, 0.25) is 0 Å². The summed E-state index contributed by atoms with van der Waals surface area (Å²) in [5, 5.41) is 0. The van der Waals surface area contributed by atoms with Crippen molar-refractivity contribution < 1.29 is 18.9 Å². The lowest BCUT2D eigenvalue weighted by atomic mass is 9.90. The third-order valence-electron chi connectivity index (χ3n) is 3.56. The van der Waals surface area contributed by atoms with Crippen molar-refractivity contribution in [3.8, 4) is 17.2 Å². The van der Waals surface area contributed by atoms with Crippen molar-refractivity contribution >= 4 is 0 Å². The van der Waals surface area contributed by atoms with E-state index in [0.29, 0.717) is 12.2 Å². The van der Waals surface area contributed by atoms with Gasteiger partial charge in [-0.15, -0.1) is 0 Å². The average Bonchev–Trinajstić information content (AvgIpc) is 3.12. The van der Waals surface area contributed by atoms with Gasteiger partial charge in [0.15, 0.2) is 11.5 Å². The molecule has 0 spiro atoms. The highest BCUT2D eigenvalue weighted by atomic mass is 16.6. The van der Waals surface area contributed by atoms with Crippen LogP contribution in [0, 0.1) is 0 Å². The topological polar surface area (TPSA) is 40.2 Å². The molecule has 3 rings (SSSR count). The van der Waals surface area contributed by atoms with E-state index in [2.05, 4.69) is 0 Å². The van der Waals surface area contributed by atoms with Gasteiger partial charge in [-0.2, -0.15) is 0 Å². The van der Waals surface area contributed by atoms with Crippen molar-refractivity contribution in [2.75, 3.05) is 21.3 Å². The standard InChI is InChI=1S/C13H16O4/c1-14-9-6-12(15-2)13(16-3)8-5-11-10(17-11)4-7(8)9/h6,10-11H,4-5H2,1-3H3. The second-order valence-corrected chi connectivity index (χ2v) is 4.39. The highest BCUT2D eigenvalue weighted by Gasteiger charge is 2.45. The molecule has 2 aliphatic rings. The number of methoxy groups -OCH3 is 3. The van der Waals surface area contributed by atoms with Gasteiger partial charge in [0.25, 0.3) is 0 Å². The Labute approximate surface area is 100 Å². The Morgan fingerprint density at radius 3 is 2.18 bits per heavy atom. The molecule has 0 amide bonds. The molecule has 0 radical (unpaired) electrons. The molecule has 1 aromatic carbocycles. The maximum Gasteiger partial charge on any atom is 0.164 e. The smallest absolute Gasteiger partial charge is 0.164 e. The first kappa shape index (κ1) is 10.7. The second-order valence-electron chi connectivity index (χ2n) is 4.39. The van der Waals surface area contributed by atoms with E-state index in [1.54, 1.807) is 21.3 Å². The fourth-order valence-electron chi connectivity index (χ4n) is 2.64. The highest BCUT2D eigenvalue weighted by Crippen LogP contribution is 2.47. The summed E-state index contributed by atoms with van der Waals surface area (Å²) in [6.45, 7) is 0.